The van der Waals surface area contributed by atoms with Crippen molar-refractivity contribution in [3.05, 3.63) is 12.7 Å². The number of methoxy groups -OCH3 is 1. The second kappa shape index (κ2) is 10.9. The van der Waals surface area contributed by atoms with Gasteiger partial charge in [0.2, 0.25) is 5.91 Å². The molecule has 0 saturated heterocycles. The number of hydrogen-bond donors (Lipinski definition) is 2. The van der Waals surface area contributed by atoms with Crippen molar-refractivity contribution in [1.82, 2.24) is 15.5 Å². The van der Waals surface area contributed by atoms with Crippen LogP contribution in [0.25, 0.3) is 0 Å². The number of amides is 1. The maximum Gasteiger partial charge on any atom is 0.243 e. The van der Waals surface area contributed by atoms with Gasteiger partial charge in [-0.25, -0.2) is 4.99 Å². The highest BCUT2D eigenvalue weighted by Crippen LogP contribution is 2.04. The third-order valence-corrected chi connectivity index (χ3v) is 2.52. The van der Waals surface area contributed by atoms with Gasteiger partial charge in [-0.3, -0.25) is 4.79 Å². The number of carbonyl (C=O) groups excluding carboxylic acids is 1. The summed E-state index contributed by atoms with van der Waals surface area (Å²) < 4.78 is 5.32. The van der Waals surface area contributed by atoms with Gasteiger partial charge in [-0.1, -0.05) is 6.08 Å². The van der Waals surface area contributed by atoms with Crippen LogP contribution < -0.4 is 10.6 Å². The molecule has 0 rings (SSSR count). The molecule has 0 spiro atoms. The Labute approximate surface area is 139 Å². The molecule has 0 aromatic heterocycles. The number of halogens is 1. The quantitative estimate of drug-likeness (QED) is 0.289. The van der Waals surface area contributed by atoms with E-state index in [1.165, 1.54) is 4.90 Å². The number of carbonyl (C=O) groups is 1. The van der Waals surface area contributed by atoms with Gasteiger partial charge in [0.25, 0.3) is 0 Å². The summed E-state index contributed by atoms with van der Waals surface area (Å²) in [5, 5.41) is 6.19. The Morgan fingerprint density at radius 3 is 2.45 bits per heavy atom. The minimum Gasteiger partial charge on any atom is -0.377 e. The number of rotatable bonds is 7. The van der Waals surface area contributed by atoms with Gasteiger partial charge in [-0.15, -0.1) is 30.6 Å². The van der Waals surface area contributed by atoms with Gasteiger partial charge in [0.05, 0.1) is 5.60 Å². The molecule has 0 aromatic carbocycles. The van der Waals surface area contributed by atoms with Crippen molar-refractivity contribution in [3.63, 3.8) is 0 Å². The molecule has 0 aliphatic carbocycles. The average Bonchev–Trinajstić information content (AvgIpc) is 2.37. The van der Waals surface area contributed by atoms with E-state index >= 15 is 0 Å². The molecule has 0 aromatic rings. The van der Waals surface area contributed by atoms with Gasteiger partial charge in [-0.2, -0.15) is 0 Å². The van der Waals surface area contributed by atoms with Crippen LogP contribution in [0.2, 0.25) is 0 Å². The van der Waals surface area contributed by atoms with Crippen molar-refractivity contribution in [2.45, 2.75) is 19.4 Å². The molecule has 1 amide bonds. The van der Waals surface area contributed by atoms with Crippen molar-refractivity contribution < 1.29 is 9.53 Å². The lowest BCUT2D eigenvalue weighted by Crippen LogP contribution is -2.45. The third kappa shape index (κ3) is 10.0. The second-order valence-electron chi connectivity index (χ2n) is 4.94. The molecular formula is C13H27IN4O2. The maximum absolute atomic E-state index is 11.5. The minimum absolute atomic E-state index is 0. The number of ether oxygens (including phenoxy) is 1. The molecule has 0 saturated carbocycles. The molecular weight excluding hydrogens is 371 g/mol. The van der Waals surface area contributed by atoms with Crippen LogP contribution >= 0.6 is 24.0 Å². The summed E-state index contributed by atoms with van der Waals surface area (Å²) in [5.74, 6) is 0.519. The number of aliphatic imine (C=N–C) groups is 1. The predicted molar refractivity (Wildman–Crippen MR) is 93.7 cm³/mol. The van der Waals surface area contributed by atoms with Gasteiger partial charge >= 0.3 is 0 Å². The number of hydrogen-bond acceptors (Lipinski definition) is 3. The fourth-order valence-corrected chi connectivity index (χ4v) is 1.00. The van der Waals surface area contributed by atoms with Crippen LogP contribution in [0.3, 0.4) is 0 Å². The van der Waals surface area contributed by atoms with Gasteiger partial charge < -0.3 is 20.3 Å². The van der Waals surface area contributed by atoms with Gasteiger partial charge in [0.15, 0.2) is 5.96 Å². The monoisotopic (exact) mass is 398 g/mol. The topological polar surface area (TPSA) is 66.0 Å². The lowest BCUT2D eigenvalue weighted by Gasteiger charge is -2.24. The van der Waals surface area contributed by atoms with Gasteiger partial charge in [0, 0.05) is 34.3 Å². The standard InChI is InChI=1S/C13H26N4O2.HI/c1-7-8-14-12(15-9-11(18)17(4)5)16-10-13(2,3)19-6;/h7H,1,8-10H2,2-6H3,(H2,14,15,16);1H. The first-order valence-corrected chi connectivity index (χ1v) is 6.21. The first kappa shape index (κ1) is 21.5. The third-order valence-electron chi connectivity index (χ3n) is 2.52. The van der Waals surface area contributed by atoms with E-state index in [2.05, 4.69) is 22.2 Å². The molecule has 20 heavy (non-hydrogen) atoms. The highest BCUT2D eigenvalue weighted by Gasteiger charge is 2.16. The zero-order valence-corrected chi connectivity index (χ0v) is 15.4. The van der Waals surface area contributed by atoms with E-state index in [4.69, 9.17) is 4.74 Å². The van der Waals surface area contributed by atoms with Crippen LogP contribution in [-0.2, 0) is 9.53 Å². The number of guanidine groups is 1. The lowest BCUT2D eigenvalue weighted by molar-refractivity contribution is -0.127. The van der Waals surface area contributed by atoms with Gasteiger partial charge in [0.1, 0.15) is 6.54 Å². The second-order valence-corrected chi connectivity index (χ2v) is 4.94. The zero-order valence-electron chi connectivity index (χ0n) is 13.0. The summed E-state index contributed by atoms with van der Waals surface area (Å²) in [6.45, 7) is 8.84. The van der Waals surface area contributed by atoms with E-state index in [1.54, 1.807) is 27.3 Å². The van der Waals surface area contributed by atoms with E-state index in [1.807, 2.05) is 13.8 Å². The first-order valence-electron chi connectivity index (χ1n) is 6.21. The molecule has 0 atom stereocenters. The summed E-state index contributed by atoms with van der Waals surface area (Å²) >= 11 is 0. The number of likely N-dealkylation sites (N-methyl/N-ethyl adjacent to an activating group) is 1. The smallest absolute Gasteiger partial charge is 0.243 e. The Balaban J connectivity index is 0. The van der Waals surface area contributed by atoms with Crippen LogP contribution in [0, 0.1) is 0 Å². The highest BCUT2D eigenvalue weighted by atomic mass is 127. The van der Waals surface area contributed by atoms with Crippen molar-refractivity contribution >= 4 is 35.8 Å². The Morgan fingerprint density at radius 2 is 2.00 bits per heavy atom. The average molecular weight is 398 g/mol. The normalized spacial score (nSPS) is 11.3. The highest BCUT2D eigenvalue weighted by molar-refractivity contribution is 14.0. The van der Waals surface area contributed by atoms with Gasteiger partial charge in [-0.05, 0) is 13.8 Å². The first-order chi connectivity index (χ1) is 8.82. The van der Waals surface area contributed by atoms with Crippen LogP contribution in [0.1, 0.15) is 13.8 Å². The Bertz CT molecular complexity index is 330. The molecule has 0 aliphatic heterocycles. The van der Waals surface area contributed by atoms with E-state index in [9.17, 15) is 4.79 Å². The molecule has 0 aliphatic rings. The summed E-state index contributed by atoms with van der Waals surface area (Å²) in [4.78, 5) is 17.2. The number of nitrogens with one attached hydrogen (secondary N) is 2. The fourth-order valence-electron chi connectivity index (χ4n) is 1.00. The molecule has 7 heteroatoms. The fraction of sp³-hybridized carbons (Fsp3) is 0.692. The Morgan fingerprint density at radius 1 is 1.40 bits per heavy atom. The summed E-state index contributed by atoms with van der Waals surface area (Å²) in [5.41, 5.74) is -0.303. The van der Waals surface area contributed by atoms with Crippen molar-refractivity contribution in [3.8, 4) is 0 Å². The zero-order chi connectivity index (χ0) is 14.9. The molecule has 0 fully saturated rings. The van der Waals surface area contributed by atoms with Crippen LogP contribution in [0.4, 0.5) is 0 Å². The molecule has 0 radical (unpaired) electrons. The van der Waals surface area contributed by atoms with Crippen molar-refractivity contribution in [2.75, 3.05) is 40.8 Å². The molecule has 0 unspecified atom stereocenters. The van der Waals surface area contributed by atoms with E-state index in [0.29, 0.717) is 19.0 Å². The molecule has 118 valence electrons. The summed E-state index contributed by atoms with van der Waals surface area (Å²) in [7, 11) is 5.07. The van der Waals surface area contributed by atoms with Crippen molar-refractivity contribution in [2.24, 2.45) is 4.99 Å². The molecule has 0 heterocycles. The predicted octanol–water partition coefficient (Wildman–Crippen LogP) is 0.839. The van der Waals surface area contributed by atoms with Crippen LogP contribution in [0.5, 0.6) is 0 Å². The SMILES string of the molecule is C=CCNC(=NCC(=O)N(C)C)NCC(C)(C)OC.I. The van der Waals surface area contributed by atoms with Crippen molar-refractivity contribution in [1.29, 1.82) is 0 Å². The molecule has 2 N–H and O–H groups in total. The molecule has 6 nitrogen and oxygen atoms in total. The summed E-state index contributed by atoms with van der Waals surface area (Å²) in [6.07, 6.45) is 1.73. The largest absolute Gasteiger partial charge is 0.377 e. The van der Waals surface area contributed by atoms with E-state index in [-0.39, 0.29) is 42.0 Å². The van der Waals surface area contributed by atoms with Crippen LogP contribution in [-0.4, -0.2) is 63.2 Å². The number of nitrogens with zero attached hydrogens (tertiary/aromatic N) is 2. The Hall–Kier alpha value is -0.830. The van der Waals surface area contributed by atoms with E-state index < -0.39 is 0 Å². The molecule has 0 bridgehead atoms. The maximum atomic E-state index is 11.5. The van der Waals surface area contributed by atoms with Crippen LogP contribution in [0.15, 0.2) is 17.6 Å². The van der Waals surface area contributed by atoms with E-state index in [0.717, 1.165) is 0 Å². The summed E-state index contributed by atoms with van der Waals surface area (Å²) in [6, 6.07) is 0. The Kier molecular flexibility index (Phi) is 11.7. The lowest BCUT2D eigenvalue weighted by atomic mass is 10.1. The minimum atomic E-state index is -0.303.